The lowest BCUT2D eigenvalue weighted by Gasteiger charge is -2.13. The molecule has 5 nitrogen and oxygen atoms in total. The number of carbonyl (C=O) groups is 1. The number of aromatic nitrogens is 1. The zero-order valence-corrected chi connectivity index (χ0v) is 12.0. The summed E-state index contributed by atoms with van der Waals surface area (Å²) in [6.45, 7) is 4.28. The highest BCUT2D eigenvalue weighted by Gasteiger charge is 2.17. The number of hydrogen-bond acceptors (Lipinski definition) is 4. The fraction of sp³-hybridized carbons (Fsp3) is 0.250. The summed E-state index contributed by atoms with van der Waals surface area (Å²) in [5, 5.41) is 9.28. The Labute approximate surface area is 123 Å². The number of benzene rings is 1. The van der Waals surface area contributed by atoms with Crippen LogP contribution < -0.4 is 9.47 Å². The van der Waals surface area contributed by atoms with E-state index >= 15 is 0 Å². The van der Waals surface area contributed by atoms with Gasteiger partial charge in [-0.25, -0.2) is 9.78 Å². The van der Waals surface area contributed by atoms with Gasteiger partial charge in [0.1, 0.15) is 5.56 Å². The Balaban J connectivity index is 2.35. The normalized spacial score (nSPS) is 10.2. The lowest BCUT2D eigenvalue weighted by atomic mass is 10.1. The predicted octanol–water partition coefficient (Wildman–Crippen LogP) is 3.67. The molecule has 0 aliphatic rings. The van der Waals surface area contributed by atoms with Gasteiger partial charge in [0.25, 0.3) is 0 Å². The number of aryl methyl sites for hydroxylation is 1. The lowest BCUT2D eigenvalue weighted by molar-refractivity contribution is 0.0692. The molecule has 0 amide bonds. The molecule has 110 valence electrons. The van der Waals surface area contributed by atoms with Gasteiger partial charge in [-0.15, -0.1) is 0 Å². The number of rotatable bonds is 6. The molecule has 0 fully saturated rings. The van der Waals surface area contributed by atoms with Crippen molar-refractivity contribution in [3.63, 3.8) is 0 Å². The van der Waals surface area contributed by atoms with E-state index in [1.165, 1.54) is 6.20 Å². The molecule has 1 heterocycles. The summed E-state index contributed by atoms with van der Waals surface area (Å²) in [6, 6.07) is 8.77. The first-order valence-electron chi connectivity index (χ1n) is 6.72. The number of nitrogens with zero attached hydrogens (tertiary/aromatic N) is 1. The molecule has 0 saturated carbocycles. The minimum atomic E-state index is -1.07. The molecule has 0 atom stereocenters. The van der Waals surface area contributed by atoms with E-state index in [4.69, 9.17) is 9.47 Å². The molecule has 2 aromatic rings. The lowest BCUT2D eigenvalue weighted by Crippen LogP contribution is -2.05. The maximum atomic E-state index is 11.3. The molecule has 0 aliphatic heterocycles. The van der Waals surface area contributed by atoms with E-state index in [0.29, 0.717) is 23.7 Å². The van der Waals surface area contributed by atoms with Crippen molar-refractivity contribution in [2.24, 2.45) is 0 Å². The van der Waals surface area contributed by atoms with Crippen LogP contribution in [-0.4, -0.2) is 22.7 Å². The van der Waals surface area contributed by atoms with E-state index in [0.717, 1.165) is 6.42 Å². The quantitative estimate of drug-likeness (QED) is 0.877. The van der Waals surface area contributed by atoms with Crippen LogP contribution in [0.15, 0.2) is 36.5 Å². The van der Waals surface area contributed by atoms with Crippen LogP contribution >= 0.6 is 0 Å². The highest BCUT2D eigenvalue weighted by Crippen LogP contribution is 2.32. The van der Waals surface area contributed by atoms with Crippen LogP contribution in [0.4, 0.5) is 0 Å². The highest BCUT2D eigenvalue weighted by molar-refractivity contribution is 5.91. The van der Waals surface area contributed by atoms with Gasteiger partial charge >= 0.3 is 5.97 Å². The van der Waals surface area contributed by atoms with E-state index in [1.807, 2.05) is 13.0 Å². The molecule has 0 radical (unpaired) electrons. The van der Waals surface area contributed by atoms with E-state index in [1.54, 1.807) is 31.2 Å². The average molecular weight is 287 g/mol. The summed E-state index contributed by atoms with van der Waals surface area (Å²) in [6.07, 6.45) is 2.39. The Kier molecular flexibility index (Phi) is 4.77. The number of ether oxygens (including phenoxy) is 2. The smallest absolute Gasteiger partial charge is 0.341 e. The summed E-state index contributed by atoms with van der Waals surface area (Å²) >= 11 is 0. The Morgan fingerprint density at radius 2 is 1.95 bits per heavy atom. The molecule has 0 bridgehead atoms. The fourth-order valence-corrected chi connectivity index (χ4v) is 1.84. The van der Waals surface area contributed by atoms with Crippen molar-refractivity contribution in [2.75, 3.05) is 6.61 Å². The minimum absolute atomic E-state index is 0.0581. The van der Waals surface area contributed by atoms with Gasteiger partial charge in [-0.05, 0) is 37.1 Å². The zero-order valence-electron chi connectivity index (χ0n) is 12.0. The van der Waals surface area contributed by atoms with Crippen LogP contribution in [0.3, 0.4) is 0 Å². The van der Waals surface area contributed by atoms with Crippen molar-refractivity contribution in [1.82, 2.24) is 4.98 Å². The molecule has 0 spiro atoms. The number of hydrogen-bond donors (Lipinski definition) is 1. The third kappa shape index (κ3) is 3.51. The van der Waals surface area contributed by atoms with Crippen LogP contribution in [0.5, 0.6) is 17.4 Å². The van der Waals surface area contributed by atoms with E-state index in [-0.39, 0.29) is 11.4 Å². The number of aromatic carboxylic acids is 1. The number of carboxylic acid groups (broad SMARTS) is 1. The molecular formula is C16H17NO4. The minimum Gasteiger partial charge on any atom is -0.490 e. The maximum absolute atomic E-state index is 11.3. The topological polar surface area (TPSA) is 68.7 Å². The van der Waals surface area contributed by atoms with Crippen molar-refractivity contribution in [3.8, 4) is 17.4 Å². The molecule has 2 rings (SSSR count). The van der Waals surface area contributed by atoms with Crippen LogP contribution in [-0.2, 0) is 0 Å². The molecule has 0 unspecified atom stereocenters. The molecule has 21 heavy (non-hydrogen) atoms. The summed E-state index contributed by atoms with van der Waals surface area (Å²) in [5.41, 5.74) is 0.655. The Bertz CT molecular complexity index is 640. The second-order valence-corrected chi connectivity index (χ2v) is 4.51. The third-order valence-electron chi connectivity index (χ3n) is 2.86. The van der Waals surface area contributed by atoms with Gasteiger partial charge in [0, 0.05) is 6.20 Å². The summed E-state index contributed by atoms with van der Waals surface area (Å²) in [4.78, 5) is 15.4. The van der Waals surface area contributed by atoms with Crippen molar-refractivity contribution in [2.45, 2.75) is 20.3 Å². The monoisotopic (exact) mass is 287 g/mol. The van der Waals surface area contributed by atoms with Crippen LogP contribution in [0.25, 0.3) is 0 Å². The predicted molar refractivity (Wildman–Crippen MR) is 78.2 cm³/mol. The van der Waals surface area contributed by atoms with Crippen LogP contribution in [0.2, 0.25) is 0 Å². The Morgan fingerprint density at radius 3 is 2.62 bits per heavy atom. The van der Waals surface area contributed by atoms with E-state index in [2.05, 4.69) is 4.98 Å². The van der Waals surface area contributed by atoms with Crippen molar-refractivity contribution in [1.29, 1.82) is 0 Å². The van der Waals surface area contributed by atoms with Gasteiger partial charge in [0.05, 0.1) is 6.61 Å². The fourth-order valence-electron chi connectivity index (χ4n) is 1.84. The van der Waals surface area contributed by atoms with Gasteiger partial charge in [-0.2, -0.15) is 0 Å². The maximum Gasteiger partial charge on any atom is 0.341 e. The van der Waals surface area contributed by atoms with Gasteiger partial charge in [0.2, 0.25) is 5.88 Å². The average Bonchev–Trinajstić information content (AvgIpc) is 2.46. The van der Waals surface area contributed by atoms with Gasteiger partial charge in [-0.3, -0.25) is 0 Å². The first-order valence-corrected chi connectivity index (χ1v) is 6.72. The zero-order chi connectivity index (χ0) is 15.2. The molecular weight excluding hydrogens is 270 g/mol. The van der Waals surface area contributed by atoms with Gasteiger partial charge in [-0.1, -0.05) is 19.1 Å². The first-order chi connectivity index (χ1) is 10.1. The molecule has 1 aromatic carbocycles. The van der Waals surface area contributed by atoms with Crippen LogP contribution in [0, 0.1) is 6.92 Å². The highest BCUT2D eigenvalue weighted by atomic mass is 16.5. The van der Waals surface area contributed by atoms with Crippen molar-refractivity contribution >= 4 is 5.97 Å². The van der Waals surface area contributed by atoms with E-state index < -0.39 is 5.97 Å². The first kappa shape index (κ1) is 14.8. The number of para-hydroxylation sites is 2. The summed E-state index contributed by atoms with van der Waals surface area (Å²) in [5.74, 6) is 0.0168. The van der Waals surface area contributed by atoms with Crippen molar-refractivity contribution in [3.05, 3.63) is 47.7 Å². The van der Waals surface area contributed by atoms with Crippen LogP contribution in [0.1, 0.15) is 29.3 Å². The largest absolute Gasteiger partial charge is 0.490 e. The third-order valence-corrected chi connectivity index (χ3v) is 2.86. The number of pyridine rings is 1. The number of carboxylic acids is 1. The van der Waals surface area contributed by atoms with Gasteiger partial charge in [0.15, 0.2) is 11.5 Å². The molecule has 5 heteroatoms. The summed E-state index contributed by atoms with van der Waals surface area (Å²) in [7, 11) is 0. The second-order valence-electron chi connectivity index (χ2n) is 4.51. The Morgan fingerprint density at radius 1 is 1.24 bits per heavy atom. The second kappa shape index (κ2) is 6.74. The SMILES string of the molecule is CCCOc1ccccc1Oc1nccc(C)c1C(=O)O. The van der Waals surface area contributed by atoms with E-state index in [9.17, 15) is 9.90 Å². The molecule has 1 aromatic heterocycles. The summed E-state index contributed by atoms with van der Waals surface area (Å²) < 4.78 is 11.3. The molecule has 1 N–H and O–H groups in total. The molecule has 0 aliphatic carbocycles. The van der Waals surface area contributed by atoms with Gasteiger partial charge < -0.3 is 14.6 Å². The molecule has 0 saturated heterocycles. The standard InChI is InChI=1S/C16H17NO4/c1-3-10-20-12-6-4-5-7-13(12)21-15-14(16(18)19)11(2)8-9-17-15/h4-9H,3,10H2,1-2H3,(H,18,19). The Hall–Kier alpha value is -2.56. The van der Waals surface area contributed by atoms with Crippen molar-refractivity contribution < 1.29 is 19.4 Å².